The van der Waals surface area contributed by atoms with Crippen LogP contribution in [-0.2, 0) is 0 Å². The number of hydrogen-bond acceptors (Lipinski definition) is 6. The molecule has 34 heavy (non-hydrogen) atoms. The first-order valence-electron chi connectivity index (χ1n) is 10.5. The van der Waals surface area contributed by atoms with E-state index in [-0.39, 0.29) is 23.3 Å². The van der Waals surface area contributed by atoms with Crippen molar-refractivity contribution in [3.63, 3.8) is 0 Å². The van der Waals surface area contributed by atoms with Gasteiger partial charge in [-0.15, -0.1) is 0 Å². The standard InChI is InChI=1S/C26H24N2O6/c1-15-5-11-21(33-15)25(29)27-19-9-7-17(13-23(19)31-3)18-8-10-20(24(14-18)32-4)28-26(30)22-12-6-16(2)34-22/h5-14H,1-4H3,(H,27,29)(H,28,30). The van der Waals surface area contributed by atoms with Crippen molar-refractivity contribution in [1.29, 1.82) is 0 Å². The fourth-order valence-corrected chi connectivity index (χ4v) is 3.43. The summed E-state index contributed by atoms with van der Waals surface area (Å²) in [5.41, 5.74) is 2.69. The lowest BCUT2D eigenvalue weighted by atomic mass is 10.0. The molecule has 0 aliphatic carbocycles. The Morgan fingerprint density at radius 2 is 1.06 bits per heavy atom. The predicted molar refractivity (Wildman–Crippen MR) is 128 cm³/mol. The van der Waals surface area contributed by atoms with Crippen LogP contribution in [0.5, 0.6) is 11.5 Å². The number of anilines is 2. The Morgan fingerprint density at radius 3 is 1.38 bits per heavy atom. The van der Waals surface area contributed by atoms with Gasteiger partial charge in [-0.1, -0.05) is 12.1 Å². The largest absolute Gasteiger partial charge is 0.495 e. The zero-order valence-electron chi connectivity index (χ0n) is 19.2. The number of benzene rings is 2. The molecule has 0 saturated heterocycles. The van der Waals surface area contributed by atoms with Gasteiger partial charge in [-0.05, 0) is 73.5 Å². The van der Waals surface area contributed by atoms with E-state index in [1.165, 1.54) is 14.2 Å². The van der Waals surface area contributed by atoms with E-state index in [0.29, 0.717) is 34.4 Å². The Kier molecular flexibility index (Phi) is 6.40. The molecule has 0 saturated carbocycles. The van der Waals surface area contributed by atoms with Crippen molar-refractivity contribution < 1.29 is 27.9 Å². The van der Waals surface area contributed by atoms with Gasteiger partial charge in [0.1, 0.15) is 23.0 Å². The van der Waals surface area contributed by atoms with E-state index >= 15 is 0 Å². The van der Waals surface area contributed by atoms with Crippen molar-refractivity contribution in [2.24, 2.45) is 0 Å². The number of aryl methyl sites for hydroxylation is 2. The molecule has 0 unspecified atom stereocenters. The summed E-state index contributed by atoms with van der Waals surface area (Å²) in [6.45, 7) is 3.55. The maximum Gasteiger partial charge on any atom is 0.291 e. The van der Waals surface area contributed by atoms with Crippen LogP contribution in [0.25, 0.3) is 11.1 Å². The van der Waals surface area contributed by atoms with Crippen LogP contribution in [-0.4, -0.2) is 26.0 Å². The SMILES string of the molecule is COc1cc(-c2ccc(NC(=O)c3ccc(C)o3)c(OC)c2)ccc1NC(=O)c1ccc(C)o1. The van der Waals surface area contributed by atoms with Crippen LogP contribution in [0.2, 0.25) is 0 Å². The molecule has 0 atom stereocenters. The average molecular weight is 460 g/mol. The Hall–Kier alpha value is -4.46. The molecule has 2 aromatic carbocycles. The third-order valence-electron chi connectivity index (χ3n) is 5.16. The van der Waals surface area contributed by atoms with Crippen LogP contribution >= 0.6 is 0 Å². The van der Waals surface area contributed by atoms with Crippen molar-refractivity contribution in [2.75, 3.05) is 24.9 Å². The fraction of sp³-hybridized carbons (Fsp3) is 0.154. The Morgan fingerprint density at radius 1 is 0.647 bits per heavy atom. The third kappa shape index (κ3) is 4.80. The van der Waals surface area contributed by atoms with Gasteiger partial charge in [0.05, 0.1) is 25.6 Å². The van der Waals surface area contributed by atoms with Gasteiger partial charge >= 0.3 is 0 Å². The zero-order chi connectivity index (χ0) is 24.2. The molecule has 4 rings (SSSR count). The lowest BCUT2D eigenvalue weighted by Crippen LogP contribution is -2.12. The molecule has 0 bridgehead atoms. The summed E-state index contributed by atoms with van der Waals surface area (Å²) in [6.07, 6.45) is 0. The minimum atomic E-state index is -0.368. The van der Waals surface area contributed by atoms with E-state index in [2.05, 4.69) is 10.6 Å². The average Bonchev–Trinajstić information content (AvgIpc) is 3.48. The predicted octanol–water partition coefficient (Wildman–Crippen LogP) is 5.68. The van der Waals surface area contributed by atoms with E-state index in [9.17, 15) is 9.59 Å². The summed E-state index contributed by atoms with van der Waals surface area (Å²) >= 11 is 0. The lowest BCUT2D eigenvalue weighted by Gasteiger charge is -2.14. The van der Waals surface area contributed by atoms with Crippen LogP contribution in [0.4, 0.5) is 11.4 Å². The van der Waals surface area contributed by atoms with Gasteiger partial charge in [0.15, 0.2) is 11.5 Å². The highest BCUT2D eigenvalue weighted by Gasteiger charge is 2.16. The second kappa shape index (κ2) is 9.58. The van der Waals surface area contributed by atoms with E-state index < -0.39 is 0 Å². The van der Waals surface area contributed by atoms with Crippen molar-refractivity contribution >= 4 is 23.2 Å². The molecule has 174 valence electrons. The highest BCUT2D eigenvalue weighted by Crippen LogP contribution is 2.35. The van der Waals surface area contributed by atoms with Gasteiger partial charge in [-0.2, -0.15) is 0 Å². The summed E-state index contributed by atoms with van der Waals surface area (Å²) in [7, 11) is 3.06. The minimum Gasteiger partial charge on any atom is -0.495 e. The first kappa shape index (κ1) is 22.7. The number of amides is 2. The summed E-state index contributed by atoms with van der Waals surface area (Å²) < 4.78 is 21.7. The normalized spacial score (nSPS) is 10.6. The molecule has 4 aromatic rings. The molecule has 0 fully saturated rings. The minimum absolute atomic E-state index is 0.218. The summed E-state index contributed by atoms with van der Waals surface area (Å²) in [4.78, 5) is 24.9. The highest BCUT2D eigenvalue weighted by atomic mass is 16.5. The number of methoxy groups -OCH3 is 2. The van der Waals surface area contributed by atoms with Gasteiger partial charge < -0.3 is 28.9 Å². The van der Waals surface area contributed by atoms with Gasteiger partial charge in [0.25, 0.3) is 11.8 Å². The Balaban J connectivity index is 1.56. The molecule has 0 radical (unpaired) electrons. The summed E-state index contributed by atoms with van der Waals surface area (Å²) in [5, 5.41) is 5.60. The first-order valence-corrected chi connectivity index (χ1v) is 10.5. The maximum absolute atomic E-state index is 12.4. The molecule has 2 aromatic heterocycles. The molecule has 2 N–H and O–H groups in total. The molecule has 0 spiro atoms. The van der Waals surface area contributed by atoms with E-state index in [1.54, 1.807) is 50.2 Å². The molecule has 8 heteroatoms. The van der Waals surface area contributed by atoms with Gasteiger partial charge in [-0.3, -0.25) is 9.59 Å². The second-order valence-corrected chi connectivity index (χ2v) is 7.56. The van der Waals surface area contributed by atoms with Crippen LogP contribution in [0.1, 0.15) is 32.6 Å². The number of hydrogen-bond donors (Lipinski definition) is 2. The molecular weight excluding hydrogens is 436 g/mol. The number of carbonyl (C=O) groups excluding carboxylic acids is 2. The monoisotopic (exact) mass is 460 g/mol. The van der Waals surface area contributed by atoms with Crippen LogP contribution in [0, 0.1) is 13.8 Å². The van der Waals surface area contributed by atoms with Gasteiger partial charge in [0, 0.05) is 0 Å². The van der Waals surface area contributed by atoms with Crippen LogP contribution in [0.3, 0.4) is 0 Å². The van der Waals surface area contributed by atoms with E-state index in [0.717, 1.165) is 11.1 Å². The topological polar surface area (TPSA) is 103 Å². The number of rotatable bonds is 7. The van der Waals surface area contributed by atoms with E-state index in [1.807, 2.05) is 24.3 Å². The zero-order valence-corrected chi connectivity index (χ0v) is 19.2. The molecule has 2 heterocycles. The van der Waals surface area contributed by atoms with Gasteiger partial charge in [-0.25, -0.2) is 0 Å². The highest BCUT2D eigenvalue weighted by molar-refractivity contribution is 6.04. The number of carbonyl (C=O) groups is 2. The van der Waals surface area contributed by atoms with Crippen molar-refractivity contribution in [3.05, 3.63) is 83.7 Å². The number of ether oxygens (including phenoxy) is 2. The first-order chi connectivity index (χ1) is 16.4. The summed E-state index contributed by atoms with van der Waals surface area (Å²) in [6, 6.07) is 17.5. The van der Waals surface area contributed by atoms with Crippen molar-refractivity contribution in [2.45, 2.75) is 13.8 Å². The lowest BCUT2D eigenvalue weighted by molar-refractivity contribution is 0.0988. The fourth-order valence-electron chi connectivity index (χ4n) is 3.43. The van der Waals surface area contributed by atoms with Gasteiger partial charge in [0.2, 0.25) is 0 Å². The number of nitrogens with one attached hydrogen (secondary N) is 2. The molecular formula is C26H24N2O6. The third-order valence-corrected chi connectivity index (χ3v) is 5.16. The second-order valence-electron chi connectivity index (χ2n) is 7.56. The maximum atomic E-state index is 12.4. The Labute approximate surface area is 196 Å². The Bertz CT molecular complexity index is 1250. The van der Waals surface area contributed by atoms with Crippen molar-refractivity contribution in [3.8, 4) is 22.6 Å². The molecule has 8 nitrogen and oxygen atoms in total. The summed E-state index contributed by atoms with van der Waals surface area (Å²) in [5.74, 6) is 1.98. The molecule has 2 amide bonds. The quantitative estimate of drug-likeness (QED) is 0.368. The van der Waals surface area contributed by atoms with Crippen LogP contribution < -0.4 is 20.1 Å². The smallest absolute Gasteiger partial charge is 0.291 e. The van der Waals surface area contributed by atoms with Crippen molar-refractivity contribution in [1.82, 2.24) is 0 Å². The molecule has 0 aliphatic rings. The van der Waals surface area contributed by atoms with E-state index in [4.69, 9.17) is 18.3 Å². The van der Waals surface area contributed by atoms with Crippen LogP contribution in [0.15, 0.2) is 69.5 Å². The number of furan rings is 2. The molecule has 0 aliphatic heterocycles.